The van der Waals surface area contributed by atoms with Crippen molar-refractivity contribution in [2.45, 2.75) is 25.5 Å². The molecule has 2 aliphatic rings. The van der Waals surface area contributed by atoms with E-state index in [-0.39, 0.29) is 12.0 Å². The number of aromatic nitrogens is 3. The van der Waals surface area contributed by atoms with Crippen molar-refractivity contribution in [2.24, 2.45) is 0 Å². The van der Waals surface area contributed by atoms with Crippen LogP contribution in [-0.4, -0.2) is 59.4 Å². The van der Waals surface area contributed by atoms with E-state index >= 15 is 0 Å². The SMILES string of the molecule is COc1cc(-c2ccc3c(n2)CN(c2ccc(N4CCC(O)CC4)nc2)C3=O)cnc1OC. The van der Waals surface area contributed by atoms with Gasteiger partial charge in [0.2, 0.25) is 0 Å². The van der Waals surface area contributed by atoms with Gasteiger partial charge in [-0.15, -0.1) is 0 Å². The van der Waals surface area contributed by atoms with Gasteiger partial charge in [-0.25, -0.2) is 9.97 Å². The van der Waals surface area contributed by atoms with Crippen LogP contribution in [0.1, 0.15) is 28.9 Å². The van der Waals surface area contributed by atoms with E-state index in [0.29, 0.717) is 35.1 Å². The lowest BCUT2D eigenvalue weighted by Crippen LogP contribution is -2.36. The van der Waals surface area contributed by atoms with E-state index in [1.165, 1.54) is 7.11 Å². The number of anilines is 2. The lowest BCUT2D eigenvalue weighted by Gasteiger charge is -2.30. The third-order valence-corrected chi connectivity index (χ3v) is 6.12. The van der Waals surface area contributed by atoms with Crippen molar-refractivity contribution in [1.82, 2.24) is 15.0 Å². The van der Waals surface area contributed by atoms with Crippen LogP contribution in [0.15, 0.2) is 42.7 Å². The molecule has 5 rings (SSSR count). The highest BCUT2D eigenvalue weighted by Gasteiger charge is 2.30. The second-order valence-corrected chi connectivity index (χ2v) is 8.11. The van der Waals surface area contributed by atoms with Gasteiger partial charge in [0.05, 0.1) is 55.7 Å². The van der Waals surface area contributed by atoms with Crippen LogP contribution in [0.5, 0.6) is 11.6 Å². The molecule has 0 saturated carbocycles. The van der Waals surface area contributed by atoms with Gasteiger partial charge in [0.25, 0.3) is 11.8 Å². The molecule has 1 saturated heterocycles. The number of aliphatic hydroxyl groups is 1. The zero-order chi connectivity index (χ0) is 22.9. The number of carbonyl (C=O) groups excluding carboxylic acids is 1. The average molecular weight is 447 g/mol. The van der Waals surface area contributed by atoms with Crippen LogP contribution in [-0.2, 0) is 6.54 Å². The number of methoxy groups -OCH3 is 2. The van der Waals surface area contributed by atoms with Crippen molar-refractivity contribution >= 4 is 17.4 Å². The number of hydrogen-bond acceptors (Lipinski definition) is 8. The molecule has 1 fully saturated rings. The zero-order valence-electron chi connectivity index (χ0n) is 18.6. The van der Waals surface area contributed by atoms with Gasteiger partial charge in [0.15, 0.2) is 5.75 Å². The summed E-state index contributed by atoms with van der Waals surface area (Å²) in [5, 5.41) is 9.71. The van der Waals surface area contributed by atoms with Gasteiger partial charge in [-0.05, 0) is 43.2 Å². The third kappa shape index (κ3) is 3.95. The molecular formula is C24H25N5O4. The number of hydrogen-bond donors (Lipinski definition) is 1. The predicted octanol–water partition coefficient (Wildman–Crippen LogP) is 2.68. The number of ether oxygens (including phenoxy) is 2. The lowest BCUT2D eigenvalue weighted by molar-refractivity contribution is 0.0996. The maximum absolute atomic E-state index is 13.0. The molecule has 0 unspecified atom stereocenters. The Morgan fingerprint density at radius 2 is 1.85 bits per heavy atom. The van der Waals surface area contributed by atoms with Crippen LogP contribution in [0.3, 0.4) is 0 Å². The summed E-state index contributed by atoms with van der Waals surface area (Å²) in [7, 11) is 3.10. The van der Waals surface area contributed by atoms with E-state index in [1.54, 1.807) is 30.5 Å². The number of amides is 1. The number of aliphatic hydroxyl groups excluding tert-OH is 1. The van der Waals surface area contributed by atoms with Gasteiger partial charge < -0.3 is 24.4 Å². The van der Waals surface area contributed by atoms with Crippen LogP contribution in [0, 0.1) is 0 Å². The molecule has 0 radical (unpaired) electrons. The second-order valence-electron chi connectivity index (χ2n) is 8.11. The first-order valence-electron chi connectivity index (χ1n) is 10.9. The van der Waals surface area contributed by atoms with Crippen LogP contribution in [0.25, 0.3) is 11.3 Å². The third-order valence-electron chi connectivity index (χ3n) is 6.12. The molecule has 0 aromatic carbocycles. The Balaban J connectivity index is 1.36. The van der Waals surface area contributed by atoms with Gasteiger partial charge in [-0.3, -0.25) is 9.78 Å². The summed E-state index contributed by atoms with van der Waals surface area (Å²) in [5.74, 6) is 1.69. The molecule has 1 N–H and O–H groups in total. The Kier molecular flexibility index (Phi) is 5.55. The topological polar surface area (TPSA) is 101 Å². The summed E-state index contributed by atoms with van der Waals surface area (Å²) in [6, 6.07) is 9.28. The summed E-state index contributed by atoms with van der Waals surface area (Å²) in [6.07, 6.45) is 4.66. The molecule has 170 valence electrons. The molecule has 5 heterocycles. The largest absolute Gasteiger partial charge is 0.491 e. The summed E-state index contributed by atoms with van der Waals surface area (Å²) in [5.41, 5.74) is 3.51. The van der Waals surface area contributed by atoms with Crippen LogP contribution in [0.4, 0.5) is 11.5 Å². The van der Waals surface area contributed by atoms with Crippen molar-refractivity contribution in [3.8, 4) is 22.9 Å². The van der Waals surface area contributed by atoms with E-state index in [0.717, 1.165) is 43.0 Å². The smallest absolute Gasteiger partial charge is 0.260 e. The number of carbonyl (C=O) groups is 1. The molecule has 3 aromatic rings. The second kappa shape index (κ2) is 8.67. The molecule has 3 aromatic heterocycles. The molecule has 0 atom stereocenters. The van der Waals surface area contributed by atoms with Crippen molar-refractivity contribution < 1.29 is 19.4 Å². The summed E-state index contributed by atoms with van der Waals surface area (Å²) in [6.45, 7) is 1.93. The lowest BCUT2D eigenvalue weighted by atomic mass is 10.1. The van der Waals surface area contributed by atoms with E-state index in [4.69, 9.17) is 14.5 Å². The highest BCUT2D eigenvalue weighted by atomic mass is 16.5. The zero-order valence-corrected chi connectivity index (χ0v) is 18.6. The van der Waals surface area contributed by atoms with Gasteiger partial charge in [-0.2, -0.15) is 0 Å². The Labute approximate surface area is 191 Å². The number of pyridine rings is 3. The number of fused-ring (bicyclic) bond motifs is 1. The monoisotopic (exact) mass is 447 g/mol. The maximum Gasteiger partial charge on any atom is 0.260 e. The number of nitrogens with zero attached hydrogens (tertiary/aromatic N) is 5. The minimum atomic E-state index is -0.228. The maximum atomic E-state index is 13.0. The van der Waals surface area contributed by atoms with Crippen molar-refractivity contribution in [3.05, 3.63) is 54.0 Å². The Morgan fingerprint density at radius 1 is 1.03 bits per heavy atom. The van der Waals surface area contributed by atoms with Crippen molar-refractivity contribution in [3.63, 3.8) is 0 Å². The average Bonchev–Trinajstić information content (AvgIpc) is 3.19. The minimum absolute atomic E-state index is 0.0925. The summed E-state index contributed by atoms with van der Waals surface area (Å²) >= 11 is 0. The standard InChI is InChI=1S/C24H25N5O4/c1-32-21-11-15(12-26-23(21)33-2)19-5-4-18-20(27-19)14-29(24(18)31)16-3-6-22(25-13-16)28-9-7-17(30)8-10-28/h3-6,11-13,17,30H,7-10,14H2,1-2H3. The quantitative estimate of drug-likeness (QED) is 0.637. The molecule has 9 nitrogen and oxygen atoms in total. The minimum Gasteiger partial charge on any atom is -0.491 e. The first kappa shape index (κ1) is 21.1. The van der Waals surface area contributed by atoms with Crippen LogP contribution in [0.2, 0.25) is 0 Å². The molecular weight excluding hydrogens is 422 g/mol. The molecule has 9 heteroatoms. The fraction of sp³-hybridized carbons (Fsp3) is 0.333. The molecule has 1 amide bonds. The summed E-state index contributed by atoms with van der Waals surface area (Å²) in [4.78, 5) is 30.4. The van der Waals surface area contributed by atoms with E-state index in [1.807, 2.05) is 24.3 Å². The Morgan fingerprint density at radius 3 is 2.55 bits per heavy atom. The first-order chi connectivity index (χ1) is 16.1. The van der Waals surface area contributed by atoms with Gasteiger partial charge in [-0.1, -0.05) is 0 Å². The highest BCUT2D eigenvalue weighted by Crippen LogP contribution is 2.32. The number of piperidine rings is 1. The fourth-order valence-electron chi connectivity index (χ4n) is 4.24. The number of rotatable bonds is 5. The van der Waals surface area contributed by atoms with Crippen LogP contribution < -0.4 is 19.3 Å². The van der Waals surface area contributed by atoms with E-state index in [9.17, 15) is 9.90 Å². The fourth-order valence-corrected chi connectivity index (χ4v) is 4.24. The van der Waals surface area contributed by atoms with Gasteiger partial charge in [0, 0.05) is 24.8 Å². The van der Waals surface area contributed by atoms with E-state index < -0.39 is 0 Å². The molecule has 0 aliphatic carbocycles. The Hall–Kier alpha value is -3.72. The summed E-state index contributed by atoms with van der Waals surface area (Å²) < 4.78 is 10.5. The molecule has 0 spiro atoms. The highest BCUT2D eigenvalue weighted by molar-refractivity contribution is 6.09. The normalized spacial score (nSPS) is 16.2. The van der Waals surface area contributed by atoms with Crippen molar-refractivity contribution in [2.75, 3.05) is 37.1 Å². The molecule has 33 heavy (non-hydrogen) atoms. The van der Waals surface area contributed by atoms with Gasteiger partial charge >= 0.3 is 0 Å². The van der Waals surface area contributed by atoms with Crippen LogP contribution >= 0.6 is 0 Å². The van der Waals surface area contributed by atoms with Gasteiger partial charge in [0.1, 0.15) is 5.82 Å². The molecule has 0 bridgehead atoms. The molecule has 2 aliphatic heterocycles. The van der Waals surface area contributed by atoms with Crippen molar-refractivity contribution in [1.29, 1.82) is 0 Å². The first-order valence-corrected chi connectivity index (χ1v) is 10.9. The predicted molar refractivity (Wildman–Crippen MR) is 123 cm³/mol. The van der Waals surface area contributed by atoms with E-state index in [2.05, 4.69) is 14.9 Å². The Bertz CT molecular complexity index is 1180.